The predicted octanol–water partition coefficient (Wildman–Crippen LogP) is 3.99. The summed E-state index contributed by atoms with van der Waals surface area (Å²) in [4.78, 5) is 14.3. The molecule has 1 aliphatic rings. The molecule has 1 amide bonds. The number of hydrogen-bond acceptors (Lipinski definition) is 4. The van der Waals surface area contributed by atoms with Gasteiger partial charge in [-0.3, -0.25) is 4.79 Å². The van der Waals surface area contributed by atoms with Gasteiger partial charge in [0, 0.05) is 18.1 Å². The normalized spacial score (nSPS) is 14.1. The van der Waals surface area contributed by atoms with E-state index in [2.05, 4.69) is 10.1 Å². The Morgan fingerprint density at radius 3 is 2.29 bits per heavy atom. The highest BCUT2D eigenvalue weighted by atomic mass is 35.5. The Bertz CT molecular complexity index is 891. The van der Waals surface area contributed by atoms with Crippen molar-refractivity contribution in [1.29, 1.82) is 0 Å². The third kappa shape index (κ3) is 3.72. The number of ether oxygens (including phenoxy) is 2. The summed E-state index contributed by atoms with van der Waals surface area (Å²) in [5.41, 5.74) is -0.741. The third-order valence-corrected chi connectivity index (χ3v) is 4.45. The molecule has 0 spiro atoms. The van der Waals surface area contributed by atoms with Gasteiger partial charge in [-0.15, -0.1) is 0 Å². The molecule has 0 unspecified atom stereocenters. The molecule has 0 saturated carbocycles. The first-order valence-electron chi connectivity index (χ1n) is 8.18. The van der Waals surface area contributed by atoms with Crippen LogP contribution >= 0.6 is 11.6 Å². The number of methoxy groups -OCH3 is 1. The minimum atomic E-state index is -1.86. The zero-order chi connectivity index (χ0) is 20.4. The van der Waals surface area contributed by atoms with E-state index in [4.69, 9.17) is 16.3 Å². The average Bonchev–Trinajstić information content (AvgIpc) is 2.68. The van der Waals surface area contributed by atoms with E-state index in [1.165, 1.54) is 6.07 Å². The maximum absolute atomic E-state index is 14.2. The lowest BCUT2D eigenvalue weighted by atomic mass is 10.1. The molecule has 2 aromatic rings. The maximum Gasteiger partial charge on any atom is 0.261 e. The number of hydrogen-bond donors (Lipinski definition) is 1. The highest BCUT2D eigenvalue weighted by molar-refractivity contribution is 6.31. The summed E-state index contributed by atoms with van der Waals surface area (Å²) in [5.74, 6) is -9.93. The molecular weight excluding hydrogens is 404 g/mol. The summed E-state index contributed by atoms with van der Waals surface area (Å²) >= 11 is 5.96. The molecule has 1 N–H and O–H groups in total. The van der Waals surface area contributed by atoms with E-state index in [0.717, 1.165) is 7.11 Å². The second-order valence-corrected chi connectivity index (χ2v) is 6.32. The van der Waals surface area contributed by atoms with Gasteiger partial charge in [-0.1, -0.05) is 11.6 Å². The van der Waals surface area contributed by atoms with Crippen LogP contribution in [0.1, 0.15) is 10.4 Å². The molecule has 0 atom stereocenters. The Balaban J connectivity index is 1.99. The zero-order valence-corrected chi connectivity index (χ0v) is 15.4. The van der Waals surface area contributed by atoms with Crippen molar-refractivity contribution in [3.05, 3.63) is 52.1 Å². The van der Waals surface area contributed by atoms with Crippen molar-refractivity contribution >= 4 is 28.9 Å². The van der Waals surface area contributed by atoms with Gasteiger partial charge in [0.15, 0.2) is 17.4 Å². The zero-order valence-electron chi connectivity index (χ0n) is 14.6. The molecule has 0 radical (unpaired) electrons. The molecule has 0 aromatic heterocycles. The lowest BCUT2D eigenvalue weighted by molar-refractivity contribution is 0.101. The number of halogens is 5. The number of carbonyl (C=O) groups is 1. The highest BCUT2D eigenvalue weighted by Gasteiger charge is 2.30. The Hall–Kier alpha value is -2.52. The Morgan fingerprint density at radius 2 is 1.71 bits per heavy atom. The van der Waals surface area contributed by atoms with E-state index in [0.29, 0.717) is 32.0 Å². The predicted molar refractivity (Wildman–Crippen MR) is 95.3 cm³/mol. The van der Waals surface area contributed by atoms with Gasteiger partial charge in [0.1, 0.15) is 5.56 Å². The smallest absolute Gasteiger partial charge is 0.261 e. The standard InChI is InChI=1S/C18H15ClF4N2O3/c1-27-17-15(22)13(20)12(14(21)16(17)23)18(26)24-10-8-9(19)2-3-11(10)25-4-6-28-7-5-25/h2-3,8H,4-7H2,1H3,(H,24,26). The largest absolute Gasteiger partial charge is 0.491 e. The first kappa shape index (κ1) is 20.2. The molecule has 0 bridgehead atoms. The van der Waals surface area contributed by atoms with Crippen molar-refractivity contribution in [3.63, 3.8) is 0 Å². The number of benzene rings is 2. The molecule has 28 heavy (non-hydrogen) atoms. The Kier molecular flexibility index (Phi) is 5.95. The van der Waals surface area contributed by atoms with E-state index in [-0.39, 0.29) is 10.7 Å². The molecular formula is C18H15ClF4N2O3. The Morgan fingerprint density at radius 1 is 1.11 bits per heavy atom. The fourth-order valence-corrected chi connectivity index (χ4v) is 3.04. The molecule has 1 saturated heterocycles. The number of amides is 1. The molecule has 5 nitrogen and oxygen atoms in total. The van der Waals surface area contributed by atoms with Gasteiger partial charge in [0.25, 0.3) is 5.91 Å². The second kappa shape index (κ2) is 8.24. The summed E-state index contributed by atoms with van der Waals surface area (Å²) in [5, 5.41) is 2.53. The summed E-state index contributed by atoms with van der Waals surface area (Å²) in [7, 11) is 0.848. The number of nitrogens with zero attached hydrogens (tertiary/aromatic N) is 1. The summed E-state index contributed by atoms with van der Waals surface area (Å²) < 4.78 is 65.8. The van der Waals surface area contributed by atoms with Gasteiger partial charge in [-0.2, -0.15) is 8.78 Å². The van der Waals surface area contributed by atoms with Gasteiger partial charge < -0.3 is 19.7 Å². The van der Waals surface area contributed by atoms with Gasteiger partial charge in [-0.25, -0.2) is 8.78 Å². The van der Waals surface area contributed by atoms with Crippen LogP contribution in [0.15, 0.2) is 18.2 Å². The van der Waals surface area contributed by atoms with Crippen molar-refractivity contribution in [2.45, 2.75) is 0 Å². The molecule has 1 aliphatic heterocycles. The molecule has 150 valence electrons. The molecule has 1 fully saturated rings. The number of nitrogens with one attached hydrogen (secondary N) is 1. The summed E-state index contributed by atoms with van der Waals surface area (Å²) in [6, 6.07) is 4.57. The minimum absolute atomic E-state index is 0.134. The lowest BCUT2D eigenvalue weighted by Gasteiger charge is -2.30. The second-order valence-electron chi connectivity index (χ2n) is 5.88. The van der Waals surface area contributed by atoms with Crippen LogP contribution < -0.4 is 15.0 Å². The number of anilines is 2. The van der Waals surface area contributed by atoms with Crippen molar-refractivity contribution < 1.29 is 31.8 Å². The first-order chi connectivity index (χ1) is 13.3. The van der Waals surface area contributed by atoms with Crippen molar-refractivity contribution in [2.24, 2.45) is 0 Å². The van der Waals surface area contributed by atoms with Crippen molar-refractivity contribution in [1.82, 2.24) is 0 Å². The number of morpholine rings is 1. The monoisotopic (exact) mass is 418 g/mol. The Labute approximate surface area is 162 Å². The fourth-order valence-electron chi connectivity index (χ4n) is 2.86. The van der Waals surface area contributed by atoms with Gasteiger partial charge in [0.05, 0.1) is 31.7 Å². The quantitative estimate of drug-likeness (QED) is 0.602. The molecule has 1 heterocycles. The van der Waals surface area contributed by atoms with E-state index in [1.807, 2.05) is 4.90 Å². The molecule has 3 rings (SSSR count). The molecule has 10 heteroatoms. The van der Waals surface area contributed by atoms with Gasteiger partial charge in [0.2, 0.25) is 11.6 Å². The lowest BCUT2D eigenvalue weighted by Crippen LogP contribution is -2.36. The van der Waals surface area contributed by atoms with E-state index in [9.17, 15) is 22.4 Å². The van der Waals surface area contributed by atoms with Crippen LogP contribution in [0.3, 0.4) is 0 Å². The first-order valence-corrected chi connectivity index (χ1v) is 8.56. The third-order valence-electron chi connectivity index (χ3n) is 4.21. The van der Waals surface area contributed by atoms with Crippen LogP contribution in [0.2, 0.25) is 5.02 Å². The van der Waals surface area contributed by atoms with Gasteiger partial charge in [-0.05, 0) is 18.2 Å². The SMILES string of the molecule is COc1c(F)c(F)c(C(=O)Nc2cc(Cl)ccc2N2CCOCC2)c(F)c1F. The highest BCUT2D eigenvalue weighted by Crippen LogP contribution is 2.33. The molecule has 0 aliphatic carbocycles. The summed E-state index contributed by atoms with van der Waals surface area (Å²) in [6.07, 6.45) is 0. The van der Waals surface area contributed by atoms with E-state index < -0.39 is 40.5 Å². The number of rotatable bonds is 4. The molecule has 2 aromatic carbocycles. The van der Waals surface area contributed by atoms with Crippen LogP contribution in [-0.4, -0.2) is 39.3 Å². The van der Waals surface area contributed by atoms with Gasteiger partial charge >= 0.3 is 0 Å². The van der Waals surface area contributed by atoms with Crippen LogP contribution in [0.5, 0.6) is 5.75 Å². The topological polar surface area (TPSA) is 50.8 Å². The van der Waals surface area contributed by atoms with Crippen LogP contribution in [-0.2, 0) is 4.74 Å². The minimum Gasteiger partial charge on any atom is -0.491 e. The van der Waals surface area contributed by atoms with Crippen LogP contribution in [0.25, 0.3) is 0 Å². The van der Waals surface area contributed by atoms with Crippen LogP contribution in [0, 0.1) is 23.3 Å². The summed E-state index contributed by atoms with van der Waals surface area (Å²) in [6.45, 7) is 1.93. The fraction of sp³-hybridized carbons (Fsp3) is 0.278. The maximum atomic E-state index is 14.2. The van der Waals surface area contributed by atoms with Crippen LogP contribution in [0.4, 0.5) is 28.9 Å². The van der Waals surface area contributed by atoms with Crippen molar-refractivity contribution in [2.75, 3.05) is 43.6 Å². The average molecular weight is 419 g/mol. The van der Waals surface area contributed by atoms with E-state index in [1.54, 1.807) is 12.1 Å². The van der Waals surface area contributed by atoms with Crippen molar-refractivity contribution in [3.8, 4) is 5.75 Å². The number of carbonyl (C=O) groups excluding carboxylic acids is 1. The van der Waals surface area contributed by atoms with E-state index >= 15 is 0 Å².